The number of carbonyl (C=O) groups excluding carboxylic acids is 2. The Balaban J connectivity index is 1.38. The minimum absolute atomic E-state index is 0.103. The van der Waals surface area contributed by atoms with Crippen molar-refractivity contribution in [1.82, 2.24) is 14.8 Å². The lowest BCUT2D eigenvalue weighted by molar-refractivity contribution is 0.0298. The van der Waals surface area contributed by atoms with Gasteiger partial charge in [0.05, 0.1) is 19.8 Å². The zero-order valence-electron chi connectivity index (χ0n) is 18.0. The zero-order valence-corrected chi connectivity index (χ0v) is 18.0. The number of nitrogens with one attached hydrogen (secondary N) is 1. The van der Waals surface area contributed by atoms with E-state index in [0.29, 0.717) is 57.3 Å². The van der Waals surface area contributed by atoms with Crippen LogP contribution in [-0.2, 0) is 4.74 Å². The van der Waals surface area contributed by atoms with Gasteiger partial charge in [-0.1, -0.05) is 17.7 Å². The quantitative estimate of drug-likeness (QED) is 0.816. The Bertz CT molecular complexity index is 958. The molecular formula is C23H28N4O4. The number of likely N-dealkylation sites (tertiary alicyclic amines) is 1. The number of hydrogen-bond acceptors (Lipinski definition) is 5. The van der Waals surface area contributed by atoms with Crippen LogP contribution in [0.5, 0.6) is 5.88 Å². The number of urea groups is 1. The van der Waals surface area contributed by atoms with Crippen molar-refractivity contribution >= 4 is 17.6 Å². The van der Waals surface area contributed by atoms with Crippen LogP contribution < -0.4 is 10.1 Å². The van der Waals surface area contributed by atoms with Gasteiger partial charge in [0.15, 0.2) is 0 Å². The first-order valence-corrected chi connectivity index (χ1v) is 10.6. The lowest BCUT2D eigenvalue weighted by Crippen LogP contribution is -2.41. The van der Waals surface area contributed by atoms with Crippen molar-refractivity contribution < 1.29 is 19.1 Å². The Kier molecular flexibility index (Phi) is 6.36. The summed E-state index contributed by atoms with van der Waals surface area (Å²) in [6, 6.07) is 9.26. The Hall–Kier alpha value is -3.13. The molecular weight excluding hydrogens is 396 g/mol. The summed E-state index contributed by atoms with van der Waals surface area (Å²) in [5, 5.41) is 2.98. The van der Waals surface area contributed by atoms with Crippen LogP contribution in [0.4, 0.5) is 10.5 Å². The molecule has 0 bridgehead atoms. The standard InChI is InChI=1S/C23H28N4O4/c1-16-5-6-20(17(2)14-16)25-23(29)27-9-7-18(15-27)31-21-19(4-3-8-24-21)22(28)26-10-12-30-13-11-26/h3-6,8,14,18H,7,9-13,15H2,1-2H3,(H,25,29). The van der Waals surface area contributed by atoms with E-state index in [1.165, 1.54) is 0 Å². The fourth-order valence-corrected chi connectivity index (χ4v) is 3.90. The molecule has 0 saturated carbocycles. The normalized spacial score (nSPS) is 18.7. The third kappa shape index (κ3) is 4.96. The Labute approximate surface area is 182 Å². The number of pyridine rings is 1. The van der Waals surface area contributed by atoms with Crippen LogP contribution >= 0.6 is 0 Å². The molecule has 1 unspecified atom stereocenters. The van der Waals surface area contributed by atoms with Crippen molar-refractivity contribution in [2.24, 2.45) is 0 Å². The van der Waals surface area contributed by atoms with Crippen LogP contribution in [0.1, 0.15) is 27.9 Å². The summed E-state index contributed by atoms with van der Waals surface area (Å²) in [5.41, 5.74) is 3.44. The average molecular weight is 425 g/mol. The molecule has 0 aliphatic carbocycles. The lowest BCUT2D eigenvalue weighted by atomic mass is 10.1. The van der Waals surface area contributed by atoms with Crippen molar-refractivity contribution in [1.29, 1.82) is 0 Å². The molecule has 1 atom stereocenters. The number of rotatable bonds is 4. The highest BCUT2D eigenvalue weighted by atomic mass is 16.5. The maximum atomic E-state index is 12.9. The van der Waals surface area contributed by atoms with Crippen molar-refractivity contribution in [3.63, 3.8) is 0 Å². The molecule has 1 N–H and O–H groups in total. The summed E-state index contributed by atoms with van der Waals surface area (Å²) in [5.74, 6) is 0.217. The Morgan fingerprint density at radius 3 is 2.71 bits per heavy atom. The summed E-state index contributed by atoms with van der Waals surface area (Å²) in [4.78, 5) is 33.4. The molecule has 2 aromatic rings. The Morgan fingerprint density at radius 1 is 1.13 bits per heavy atom. The van der Waals surface area contributed by atoms with Gasteiger partial charge in [-0.25, -0.2) is 9.78 Å². The minimum Gasteiger partial charge on any atom is -0.472 e. The highest BCUT2D eigenvalue weighted by Crippen LogP contribution is 2.23. The molecule has 8 nitrogen and oxygen atoms in total. The molecule has 2 aliphatic rings. The number of aryl methyl sites for hydroxylation is 2. The molecule has 1 aromatic heterocycles. The molecule has 3 amide bonds. The van der Waals surface area contributed by atoms with E-state index in [4.69, 9.17) is 9.47 Å². The van der Waals surface area contributed by atoms with Crippen LogP contribution in [0.25, 0.3) is 0 Å². The van der Waals surface area contributed by atoms with Crippen LogP contribution in [0.2, 0.25) is 0 Å². The smallest absolute Gasteiger partial charge is 0.321 e. The number of carbonyl (C=O) groups is 2. The van der Waals surface area contributed by atoms with Gasteiger partial charge in [0.25, 0.3) is 5.91 Å². The summed E-state index contributed by atoms with van der Waals surface area (Å²) in [6.45, 7) is 7.22. The fraction of sp³-hybridized carbons (Fsp3) is 0.435. The first-order chi connectivity index (χ1) is 15.0. The predicted octanol–water partition coefficient (Wildman–Crippen LogP) is 2.86. The van der Waals surface area contributed by atoms with E-state index in [-0.39, 0.29) is 18.0 Å². The van der Waals surface area contributed by atoms with Gasteiger partial charge < -0.3 is 24.6 Å². The number of amides is 3. The van der Waals surface area contributed by atoms with Gasteiger partial charge in [-0.2, -0.15) is 0 Å². The van der Waals surface area contributed by atoms with Crippen molar-refractivity contribution in [2.45, 2.75) is 26.4 Å². The minimum atomic E-state index is -0.212. The van der Waals surface area contributed by atoms with E-state index < -0.39 is 0 Å². The van der Waals surface area contributed by atoms with Crippen molar-refractivity contribution in [3.05, 3.63) is 53.2 Å². The molecule has 3 heterocycles. The molecule has 4 rings (SSSR count). The van der Waals surface area contributed by atoms with E-state index in [2.05, 4.69) is 10.3 Å². The number of morpholine rings is 1. The van der Waals surface area contributed by atoms with E-state index in [0.717, 1.165) is 16.8 Å². The topological polar surface area (TPSA) is 84.0 Å². The molecule has 0 spiro atoms. The number of nitrogens with zero attached hydrogens (tertiary/aromatic N) is 3. The van der Waals surface area contributed by atoms with Crippen molar-refractivity contribution in [3.8, 4) is 5.88 Å². The number of aromatic nitrogens is 1. The summed E-state index contributed by atoms with van der Waals surface area (Å²) in [6.07, 6.45) is 2.09. The van der Waals surface area contributed by atoms with Crippen molar-refractivity contribution in [2.75, 3.05) is 44.7 Å². The molecule has 164 valence electrons. The summed E-state index contributed by atoms with van der Waals surface area (Å²) >= 11 is 0. The molecule has 1 aromatic carbocycles. The number of hydrogen-bond donors (Lipinski definition) is 1. The van der Waals surface area contributed by atoms with Gasteiger partial charge in [-0.05, 0) is 37.6 Å². The fourth-order valence-electron chi connectivity index (χ4n) is 3.90. The van der Waals surface area contributed by atoms with Crippen LogP contribution in [0.15, 0.2) is 36.5 Å². The third-order valence-corrected chi connectivity index (χ3v) is 5.63. The van der Waals surface area contributed by atoms with E-state index in [9.17, 15) is 9.59 Å². The van der Waals surface area contributed by atoms with Crippen LogP contribution in [0, 0.1) is 13.8 Å². The zero-order chi connectivity index (χ0) is 21.8. The molecule has 2 aliphatic heterocycles. The molecule has 31 heavy (non-hydrogen) atoms. The average Bonchev–Trinajstić information content (AvgIpc) is 3.25. The third-order valence-electron chi connectivity index (χ3n) is 5.63. The number of anilines is 1. The second-order valence-electron chi connectivity index (χ2n) is 7.98. The van der Waals surface area contributed by atoms with E-state index >= 15 is 0 Å². The van der Waals surface area contributed by atoms with Gasteiger partial charge >= 0.3 is 6.03 Å². The lowest BCUT2D eigenvalue weighted by Gasteiger charge is -2.27. The highest BCUT2D eigenvalue weighted by molar-refractivity contribution is 5.96. The highest BCUT2D eigenvalue weighted by Gasteiger charge is 2.30. The Morgan fingerprint density at radius 2 is 1.94 bits per heavy atom. The second-order valence-corrected chi connectivity index (χ2v) is 7.98. The van der Waals surface area contributed by atoms with Crippen LogP contribution in [-0.4, -0.2) is 72.2 Å². The molecule has 0 radical (unpaired) electrons. The number of benzene rings is 1. The molecule has 2 fully saturated rings. The monoisotopic (exact) mass is 424 g/mol. The van der Waals surface area contributed by atoms with Gasteiger partial charge in [0, 0.05) is 37.9 Å². The maximum absolute atomic E-state index is 12.9. The molecule has 2 saturated heterocycles. The van der Waals surface area contributed by atoms with Gasteiger partial charge in [-0.3, -0.25) is 4.79 Å². The summed E-state index contributed by atoms with van der Waals surface area (Å²) < 4.78 is 11.4. The first kappa shape index (κ1) is 21.1. The SMILES string of the molecule is Cc1ccc(NC(=O)N2CCC(Oc3ncccc3C(=O)N3CCOCC3)C2)c(C)c1. The van der Waals surface area contributed by atoms with E-state index in [1.54, 1.807) is 28.1 Å². The summed E-state index contributed by atoms with van der Waals surface area (Å²) in [7, 11) is 0. The maximum Gasteiger partial charge on any atom is 0.321 e. The molecule has 8 heteroatoms. The number of ether oxygens (including phenoxy) is 2. The predicted molar refractivity (Wildman–Crippen MR) is 117 cm³/mol. The van der Waals surface area contributed by atoms with Gasteiger partial charge in [-0.15, -0.1) is 0 Å². The first-order valence-electron chi connectivity index (χ1n) is 10.6. The van der Waals surface area contributed by atoms with Crippen LogP contribution in [0.3, 0.4) is 0 Å². The van der Waals surface area contributed by atoms with Gasteiger partial charge in [0.1, 0.15) is 11.7 Å². The largest absolute Gasteiger partial charge is 0.472 e. The van der Waals surface area contributed by atoms with Gasteiger partial charge in [0.2, 0.25) is 5.88 Å². The van der Waals surface area contributed by atoms with E-state index in [1.807, 2.05) is 32.0 Å². The second kappa shape index (κ2) is 9.34.